The van der Waals surface area contributed by atoms with Crippen LogP contribution in [0, 0.1) is 0 Å². The Morgan fingerprint density at radius 2 is 1.30 bits per heavy atom. The van der Waals surface area contributed by atoms with E-state index in [4.69, 9.17) is 5.73 Å². The molecule has 0 aromatic heterocycles. The summed E-state index contributed by atoms with van der Waals surface area (Å²) in [6, 6.07) is 19.7. The average Bonchev–Trinajstić information content (AvgIpc) is 2.44. The van der Waals surface area contributed by atoms with E-state index >= 15 is 0 Å². The zero-order chi connectivity index (χ0) is 13.0. The first kappa shape index (κ1) is 13.2. The van der Waals surface area contributed by atoms with E-state index in [0.29, 0.717) is 0 Å². The lowest BCUT2D eigenvalue weighted by Gasteiger charge is -2.15. The Labute approximate surface area is 124 Å². The maximum atomic E-state index is 6.11. The summed E-state index contributed by atoms with van der Waals surface area (Å²) in [7, 11) is 0. The molecule has 4 aromatic rings. The molecule has 2 N–H and O–H groups in total. The predicted octanol–water partition coefficient (Wildman–Crippen LogP) is 5.03. The Kier molecular flexibility index (Phi) is 3.04. The van der Waals surface area contributed by atoms with Crippen LogP contribution >= 0.6 is 12.4 Å². The Bertz CT molecular complexity index is 880. The van der Waals surface area contributed by atoms with E-state index in [1.807, 2.05) is 6.92 Å². The molecule has 20 heavy (non-hydrogen) atoms. The summed E-state index contributed by atoms with van der Waals surface area (Å²) in [6.45, 7) is 2.05. The molecule has 1 atom stereocenters. The van der Waals surface area contributed by atoms with Gasteiger partial charge in [0.2, 0.25) is 0 Å². The minimum Gasteiger partial charge on any atom is -0.324 e. The third-order valence-corrected chi connectivity index (χ3v) is 4.05. The fourth-order valence-corrected chi connectivity index (χ4v) is 3.15. The van der Waals surface area contributed by atoms with Gasteiger partial charge in [0.05, 0.1) is 0 Å². The summed E-state index contributed by atoms with van der Waals surface area (Å²) in [4.78, 5) is 0. The lowest BCUT2D eigenvalue weighted by atomic mass is 9.90. The van der Waals surface area contributed by atoms with Gasteiger partial charge in [-0.2, -0.15) is 0 Å². The number of nitrogens with two attached hydrogens (primary N) is 1. The number of hydrogen-bond donors (Lipinski definition) is 1. The summed E-state index contributed by atoms with van der Waals surface area (Å²) in [5.74, 6) is 0. The van der Waals surface area contributed by atoms with Crippen molar-refractivity contribution in [3.05, 3.63) is 60.2 Å². The molecule has 0 aliphatic rings. The quantitative estimate of drug-likeness (QED) is 0.487. The highest BCUT2D eigenvalue weighted by molar-refractivity contribution is 6.23. The molecule has 0 aliphatic heterocycles. The van der Waals surface area contributed by atoms with E-state index in [2.05, 4.69) is 54.6 Å². The molecule has 0 spiro atoms. The molecule has 0 radical (unpaired) electrons. The van der Waals surface area contributed by atoms with E-state index in [-0.39, 0.29) is 18.4 Å². The molecule has 0 aliphatic carbocycles. The highest BCUT2D eigenvalue weighted by Crippen LogP contribution is 2.36. The summed E-state index contributed by atoms with van der Waals surface area (Å²) in [5.41, 5.74) is 7.34. The van der Waals surface area contributed by atoms with Crippen LogP contribution in [-0.4, -0.2) is 0 Å². The zero-order valence-corrected chi connectivity index (χ0v) is 12.1. The largest absolute Gasteiger partial charge is 0.324 e. The Morgan fingerprint density at radius 3 is 1.95 bits per heavy atom. The molecular formula is C18H16ClN. The van der Waals surface area contributed by atoms with Crippen LogP contribution in [0.5, 0.6) is 0 Å². The van der Waals surface area contributed by atoms with Crippen LogP contribution in [-0.2, 0) is 0 Å². The van der Waals surface area contributed by atoms with Crippen molar-refractivity contribution in [1.29, 1.82) is 0 Å². The standard InChI is InChI=1S/C18H15N.ClH/c1-11(19)15-9-7-14-6-5-12-3-2-4-13-8-10-16(15)18(14)17(12)13;/h2-11H,19H2,1H3;1H/t11-;/m1./s1. The van der Waals surface area contributed by atoms with Crippen molar-refractivity contribution < 1.29 is 0 Å². The molecule has 0 amide bonds. The van der Waals surface area contributed by atoms with Gasteiger partial charge < -0.3 is 5.73 Å². The van der Waals surface area contributed by atoms with Crippen LogP contribution in [0.1, 0.15) is 18.5 Å². The minimum absolute atomic E-state index is 0. The monoisotopic (exact) mass is 281 g/mol. The van der Waals surface area contributed by atoms with Crippen LogP contribution < -0.4 is 5.73 Å². The van der Waals surface area contributed by atoms with E-state index in [1.54, 1.807) is 0 Å². The Hall–Kier alpha value is -1.83. The van der Waals surface area contributed by atoms with Crippen molar-refractivity contribution in [2.24, 2.45) is 5.73 Å². The second kappa shape index (κ2) is 4.62. The molecule has 4 rings (SSSR count). The normalized spacial score (nSPS) is 12.9. The molecule has 0 fully saturated rings. The lowest BCUT2D eigenvalue weighted by molar-refractivity contribution is 0.827. The molecule has 0 bridgehead atoms. The number of hydrogen-bond acceptors (Lipinski definition) is 1. The smallest absolute Gasteiger partial charge is 0.0272 e. The molecule has 0 unspecified atom stereocenters. The first-order valence-electron chi connectivity index (χ1n) is 6.68. The first-order chi connectivity index (χ1) is 9.25. The van der Waals surface area contributed by atoms with Crippen LogP contribution in [0.4, 0.5) is 0 Å². The number of rotatable bonds is 1. The Morgan fingerprint density at radius 1 is 0.750 bits per heavy atom. The number of halogens is 1. The third kappa shape index (κ3) is 1.67. The second-order valence-electron chi connectivity index (χ2n) is 5.30. The molecule has 0 saturated carbocycles. The first-order valence-corrected chi connectivity index (χ1v) is 6.68. The van der Waals surface area contributed by atoms with Crippen molar-refractivity contribution in [3.63, 3.8) is 0 Å². The minimum atomic E-state index is 0. The fourth-order valence-electron chi connectivity index (χ4n) is 3.15. The van der Waals surface area contributed by atoms with Gasteiger partial charge in [0.25, 0.3) is 0 Å². The third-order valence-electron chi connectivity index (χ3n) is 4.05. The van der Waals surface area contributed by atoms with Crippen LogP contribution in [0.25, 0.3) is 32.3 Å². The highest BCUT2D eigenvalue weighted by atomic mass is 35.5. The highest BCUT2D eigenvalue weighted by Gasteiger charge is 2.11. The summed E-state index contributed by atoms with van der Waals surface area (Å²) in [5, 5.41) is 7.90. The van der Waals surface area contributed by atoms with E-state index in [1.165, 1.54) is 37.9 Å². The summed E-state index contributed by atoms with van der Waals surface area (Å²) >= 11 is 0. The SMILES string of the molecule is C[C@@H](N)c1ccc2ccc3cccc4ccc1c2c34.Cl. The molecule has 4 aromatic carbocycles. The maximum Gasteiger partial charge on any atom is 0.0272 e. The molecule has 0 saturated heterocycles. The average molecular weight is 282 g/mol. The number of benzene rings is 4. The molecule has 0 heterocycles. The zero-order valence-electron chi connectivity index (χ0n) is 11.3. The van der Waals surface area contributed by atoms with Gasteiger partial charge in [-0.1, -0.05) is 54.6 Å². The van der Waals surface area contributed by atoms with Crippen molar-refractivity contribution in [1.82, 2.24) is 0 Å². The van der Waals surface area contributed by atoms with E-state index < -0.39 is 0 Å². The van der Waals surface area contributed by atoms with Crippen molar-refractivity contribution in [2.75, 3.05) is 0 Å². The van der Waals surface area contributed by atoms with Crippen molar-refractivity contribution in [3.8, 4) is 0 Å². The van der Waals surface area contributed by atoms with Crippen molar-refractivity contribution in [2.45, 2.75) is 13.0 Å². The van der Waals surface area contributed by atoms with Crippen LogP contribution in [0.3, 0.4) is 0 Å². The van der Waals surface area contributed by atoms with Gasteiger partial charge in [-0.05, 0) is 44.8 Å². The van der Waals surface area contributed by atoms with Gasteiger partial charge in [0.15, 0.2) is 0 Å². The van der Waals surface area contributed by atoms with Gasteiger partial charge in [-0.3, -0.25) is 0 Å². The predicted molar refractivity (Wildman–Crippen MR) is 90.0 cm³/mol. The molecule has 100 valence electrons. The van der Waals surface area contributed by atoms with Gasteiger partial charge in [-0.25, -0.2) is 0 Å². The van der Waals surface area contributed by atoms with E-state index in [0.717, 1.165) is 0 Å². The van der Waals surface area contributed by atoms with Crippen LogP contribution in [0.15, 0.2) is 54.6 Å². The summed E-state index contributed by atoms with van der Waals surface area (Å²) < 4.78 is 0. The topological polar surface area (TPSA) is 26.0 Å². The van der Waals surface area contributed by atoms with Crippen LogP contribution in [0.2, 0.25) is 0 Å². The summed E-state index contributed by atoms with van der Waals surface area (Å²) in [6.07, 6.45) is 0. The molecule has 2 heteroatoms. The Balaban J connectivity index is 0.00000121. The van der Waals surface area contributed by atoms with Crippen molar-refractivity contribution >= 4 is 44.7 Å². The van der Waals surface area contributed by atoms with Gasteiger partial charge >= 0.3 is 0 Å². The second-order valence-corrected chi connectivity index (χ2v) is 5.30. The van der Waals surface area contributed by atoms with Gasteiger partial charge in [-0.15, -0.1) is 12.4 Å². The van der Waals surface area contributed by atoms with Gasteiger partial charge in [0.1, 0.15) is 0 Å². The fraction of sp³-hybridized carbons (Fsp3) is 0.111. The van der Waals surface area contributed by atoms with Gasteiger partial charge in [0, 0.05) is 6.04 Å². The molecular weight excluding hydrogens is 266 g/mol. The lowest BCUT2D eigenvalue weighted by Crippen LogP contribution is -2.05. The molecule has 1 nitrogen and oxygen atoms in total. The van der Waals surface area contributed by atoms with E-state index in [9.17, 15) is 0 Å². The maximum absolute atomic E-state index is 6.11.